The third kappa shape index (κ3) is 5.56. The van der Waals surface area contributed by atoms with Crippen molar-refractivity contribution in [3.8, 4) is 11.6 Å². The first-order chi connectivity index (χ1) is 16.8. The first-order valence-corrected chi connectivity index (χ1v) is 12.0. The largest absolute Gasteiger partial charge is 0.490 e. The van der Waals surface area contributed by atoms with Crippen LogP contribution >= 0.6 is 11.6 Å². The number of alkyl halides is 1. The van der Waals surface area contributed by atoms with Crippen LogP contribution in [0, 0.1) is 5.92 Å². The van der Waals surface area contributed by atoms with Crippen molar-refractivity contribution in [2.45, 2.75) is 44.2 Å². The standard InChI is InChI=1S/C25H31ClFN3O5/c1-15-13-29(19-10-23(34-3)28-12-18(19)26)9-8-21(15)35-17-6-4-16(5-7-17)30-14-22(33-2)25(27)20(30)11-24(31)32/h4-7,10,12,15,20-22,25H,8-9,11,13-14H2,1-3H3,(H,31,32). The Kier molecular flexibility index (Phi) is 7.86. The molecule has 2 fully saturated rings. The Balaban J connectivity index is 1.40. The Hall–Kier alpha value is -2.78. The minimum Gasteiger partial charge on any atom is -0.490 e. The molecule has 35 heavy (non-hydrogen) atoms. The molecule has 1 aromatic heterocycles. The molecule has 2 aliphatic heterocycles. The maximum atomic E-state index is 14.7. The number of rotatable bonds is 8. The van der Waals surface area contributed by atoms with Crippen molar-refractivity contribution in [3.63, 3.8) is 0 Å². The summed E-state index contributed by atoms with van der Waals surface area (Å²) in [7, 11) is 3.02. The number of methoxy groups -OCH3 is 2. The van der Waals surface area contributed by atoms with E-state index in [-0.39, 0.29) is 18.4 Å². The van der Waals surface area contributed by atoms with Gasteiger partial charge in [0.15, 0.2) is 0 Å². The SMILES string of the molecule is COc1cc(N2CCC(Oc3ccc(N4CC(OC)C(F)C4CC(=O)O)cc3)C(C)C2)c(Cl)cn1. The van der Waals surface area contributed by atoms with Gasteiger partial charge in [-0.05, 0) is 24.3 Å². The lowest BCUT2D eigenvalue weighted by atomic mass is 9.96. The molecular formula is C25H31ClFN3O5. The lowest BCUT2D eigenvalue weighted by molar-refractivity contribution is -0.137. The second kappa shape index (κ2) is 10.9. The Morgan fingerprint density at radius 3 is 2.60 bits per heavy atom. The van der Waals surface area contributed by atoms with E-state index in [2.05, 4.69) is 16.8 Å². The highest BCUT2D eigenvalue weighted by Crippen LogP contribution is 2.35. The number of carboxylic acids is 1. The van der Waals surface area contributed by atoms with Crippen LogP contribution in [0.15, 0.2) is 36.5 Å². The number of aliphatic carboxylic acids is 1. The minimum atomic E-state index is -1.37. The Morgan fingerprint density at radius 1 is 1.23 bits per heavy atom. The van der Waals surface area contributed by atoms with E-state index in [1.807, 2.05) is 30.3 Å². The molecule has 2 aliphatic rings. The second-order valence-corrected chi connectivity index (χ2v) is 9.48. The number of anilines is 2. The molecule has 8 nitrogen and oxygen atoms in total. The number of hydrogen-bond acceptors (Lipinski definition) is 7. The summed E-state index contributed by atoms with van der Waals surface area (Å²) < 4.78 is 31.5. The number of nitrogens with zero attached hydrogens (tertiary/aromatic N) is 3. The Labute approximate surface area is 209 Å². The van der Waals surface area contributed by atoms with Gasteiger partial charge in [0.2, 0.25) is 5.88 Å². The molecule has 5 atom stereocenters. The molecule has 1 aromatic carbocycles. The number of ether oxygens (including phenoxy) is 3. The van der Waals surface area contributed by atoms with Crippen LogP contribution in [0.2, 0.25) is 5.02 Å². The van der Waals surface area contributed by atoms with E-state index in [0.717, 1.165) is 36.6 Å². The number of piperidine rings is 1. The summed E-state index contributed by atoms with van der Waals surface area (Å²) in [4.78, 5) is 19.4. The number of carboxylic acid groups (broad SMARTS) is 1. The normalized spacial score (nSPS) is 26.6. The highest BCUT2D eigenvalue weighted by Gasteiger charge is 2.43. The first kappa shape index (κ1) is 25.3. The van der Waals surface area contributed by atoms with Crippen molar-refractivity contribution in [2.24, 2.45) is 5.92 Å². The van der Waals surface area contributed by atoms with Crippen molar-refractivity contribution >= 4 is 28.9 Å². The fraction of sp³-hybridized carbons (Fsp3) is 0.520. The third-order valence-corrected chi connectivity index (χ3v) is 7.12. The van der Waals surface area contributed by atoms with Crippen LogP contribution < -0.4 is 19.3 Å². The molecule has 3 heterocycles. The first-order valence-electron chi connectivity index (χ1n) is 11.7. The van der Waals surface area contributed by atoms with Gasteiger partial charge >= 0.3 is 5.97 Å². The van der Waals surface area contributed by atoms with E-state index in [1.54, 1.807) is 18.2 Å². The molecule has 0 spiro atoms. The van der Waals surface area contributed by atoms with Gasteiger partial charge in [0.1, 0.15) is 24.1 Å². The van der Waals surface area contributed by atoms with E-state index in [4.69, 9.17) is 25.8 Å². The number of halogens is 2. The molecule has 4 rings (SSSR count). The zero-order valence-corrected chi connectivity index (χ0v) is 20.8. The lowest BCUT2D eigenvalue weighted by Gasteiger charge is -2.38. The molecule has 0 aliphatic carbocycles. The van der Waals surface area contributed by atoms with E-state index < -0.39 is 24.3 Å². The lowest BCUT2D eigenvalue weighted by Crippen LogP contribution is -2.44. The molecule has 190 valence electrons. The minimum absolute atomic E-state index is 0.0271. The van der Waals surface area contributed by atoms with Crippen LogP contribution in [0.4, 0.5) is 15.8 Å². The number of benzene rings is 1. The second-order valence-electron chi connectivity index (χ2n) is 9.08. The van der Waals surface area contributed by atoms with E-state index >= 15 is 0 Å². The van der Waals surface area contributed by atoms with Crippen LogP contribution in [0.1, 0.15) is 19.8 Å². The van der Waals surface area contributed by atoms with Crippen LogP contribution in [0.3, 0.4) is 0 Å². The molecule has 0 bridgehead atoms. The maximum Gasteiger partial charge on any atom is 0.305 e. The Morgan fingerprint density at radius 2 is 1.97 bits per heavy atom. The van der Waals surface area contributed by atoms with Crippen LogP contribution in [-0.2, 0) is 9.53 Å². The van der Waals surface area contributed by atoms with Crippen molar-refractivity contribution in [3.05, 3.63) is 41.6 Å². The summed E-state index contributed by atoms with van der Waals surface area (Å²) in [6, 6.07) is 8.47. The monoisotopic (exact) mass is 507 g/mol. The topological polar surface area (TPSA) is 84.4 Å². The van der Waals surface area contributed by atoms with Crippen LogP contribution in [-0.4, -0.2) is 74.3 Å². The summed E-state index contributed by atoms with van der Waals surface area (Å²) in [5.41, 5.74) is 1.64. The van der Waals surface area contributed by atoms with Crippen molar-refractivity contribution in [2.75, 3.05) is 43.7 Å². The summed E-state index contributed by atoms with van der Waals surface area (Å²) in [6.45, 7) is 4.00. The van der Waals surface area contributed by atoms with Crippen molar-refractivity contribution in [1.29, 1.82) is 0 Å². The smallest absolute Gasteiger partial charge is 0.305 e. The molecular weight excluding hydrogens is 477 g/mol. The van der Waals surface area contributed by atoms with Gasteiger partial charge in [0.25, 0.3) is 0 Å². The summed E-state index contributed by atoms with van der Waals surface area (Å²) in [6.07, 6.45) is 0.131. The summed E-state index contributed by atoms with van der Waals surface area (Å²) in [5.74, 6) is 0.449. The van der Waals surface area contributed by atoms with Gasteiger partial charge < -0.3 is 29.1 Å². The maximum absolute atomic E-state index is 14.7. The highest BCUT2D eigenvalue weighted by atomic mass is 35.5. The van der Waals surface area contributed by atoms with Gasteiger partial charge in [-0.2, -0.15) is 0 Å². The fourth-order valence-corrected chi connectivity index (χ4v) is 5.15. The van der Waals surface area contributed by atoms with Gasteiger partial charge in [-0.1, -0.05) is 18.5 Å². The molecule has 10 heteroatoms. The number of hydrogen-bond donors (Lipinski definition) is 1. The summed E-state index contributed by atoms with van der Waals surface area (Å²) in [5, 5.41) is 9.81. The van der Waals surface area contributed by atoms with Crippen molar-refractivity contribution in [1.82, 2.24) is 4.98 Å². The molecule has 2 aromatic rings. The molecule has 0 amide bonds. The predicted molar refractivity (Wildman–Crippen MR) is 132 cm³/mol. The molecule has 0 saturated carbocycles. The Bertz CT molecular complexity index is 1030. The van der Waals surface area contributed by atoms with Gasteiger partial charge in [0.05, 0.1) is 36.5 Å². The van der Waals surface area contributed by atoms with E-state index in [1.165, 1.54) is 7.11 Å². The quantitative estimate of drug-likeness (QED) is 0.573. The van der Waals surface area contributed by atoms with Gasteiger partial charge in [-0.15, -0.1) is 0 Å². The average Bonchev–Trinajstić information content (AvgIpc) is 3.16. The third-order valence-electron chi connectivity index (χ3n) is 6.83. The zero-order chi connectivity index (χ0) is 25.1. The average molecular weight is 508 g/mol. The van der Waals surface area contributed by atoms with Crippen LogP contribution in [0.5, 0.6) is 11.6 Å². The molecule has 1 N–H and O–H groups in total. The van der Waals surface area contributed by atoms with Crippen molar-refractivity contribution < 1.29 is 28.5 Å². The molecule has 0 radical (unpaired) electrons. The summed E-state index contributed by atoms with van der Waals surface area (Å²) >= 11 is 6.38. The number of pyridine rings is 1. The van der Waals surface area contributed by atoms with Gasteiger partial charge in [-0.25, -0.2) is 9.37 Å². The van der Waals surface area contributed by atoms with Gasteiger partial charge in [0, 0.05) is 50.8 Å². The molecule has 5 unspecified atom stereocenters. The van der Waals surface area contributed by atoms with E-state index in [0.29, 0.717) is 17.4 Å². The van der Waals surface area contributed by atoms with Gasteiger partial charge in [-0.3, -0.25) is 4.79 Å². The predicted octanol–water partition coefficient (Wildman–Crippen LogP) is 4.05. The van der Waals surface area contributed by atoms with E-state index in [9.17, 15) is 14.3 Å². The molecule has 2 saturated heterocycles. The number of aromatic nitrogens is 1. The fourth-order valence-electron chi connectivity index (χ4n) is 4.93. The van der Waals surface area contributed by atoms with Crippen LogP contribution in [0.25, 0.3) is 0 Å². The number of carbonyl (C=O) groups is 1. The highest BCUT2D eigenvalue weighted by molar-refractivity contribution is 6.33. The zero-order valence-electron chi connectivity index (χ0n) is 20.1.